The van der Waals surface area contributed by atoms with Gasteiger partial charge in [-0.3, -0.25) is 5.32 Å². The average molecular weight is 147 g/mol. The van der Waals surface area contributed by atoms with E-state index >= 15 is 0 Å². The van der Waals surface area contributed by atoms with Crippen molar-refractivity contribution in [1.82, 2.24) is 5.32 Å². The molecule has 1 atom stereocenters. The Bertz CT molecular complexity index is 240. The lowest BCUT2D eigenvalue weighted by molar-refractivity contribution is 0.454. The Morgan fingerprint density at radius 2 is 2.36 bits per heavy atom. The minimum atomic E-state index is -0.00463. The van der Waals surface area contributed by atoms with Crippen molar-refractivity contribution in [1.29, 1.82) is 0 Å². The summed E-state index contributed by atoms with van der Waals surface area (Å²) in [6, 6.07) is -0.00463. The molecular weight excluding hydrogens is 134 g/mol. The average Bonchev–Trinajstić information content (AvgIpc) is 1.94. The van der Waals surface area contributed by atoms with Crippen molar-refractivity contribution in [3.63, 3.8) is 0 Å². The van der Waals surface area contributed by atoms with E-state index in [2.05, 4.69) is 37.7 Å². The standard InChI is InChI=1S/C10H13N/c1-5-9-8(2)6-7-10(3,4)11-9/h1,6-7,9,11H,2H2,3-4H3. The Hall–Kier alpha value is -1.00. The van der Waals surface area contributed by atoms with Gasteiger partial charge in [-0.1, -0.05) is 24.7 Å². The van der Waals surface area contributed by atoms with E-state index in [1.54, 1.807) is 0 Å². The van der Waals surface area contributed by atoms with E-state index in [1.165, 1.54) is 0 Å². The number of nitrogens with one attached hydrogen (secondary N) is 1. The molecular formula is C10H13N. The number of hydrogen-bond donors (Lipinski definition) is 1. The second-order valence-electron chi connectivity index (χ2n) is 3.37. The Morgan fingerprint density at radius 3 is 2.82 bits per heavy atom. The van der Waals surface area contributed by atoms with Crippen LogP contribution < -0.4 is 5.32 Å². The molecule has 0 aromatic rings. The van der Waals surface area contributed by atoms with Crippen molar-refractivity contribution in [3.8, 4) is 12.3 Å². The minimum Gasteiger partial charge on any atom is -0.291 e. The third-order valence-corrected chi connectivity index (χ3v) is 1.77. The molecule has 0 radical (unpaired) electrons. The van der Waals surface area contributed by atoms with E-state index in [-0.39, 0.29) is 11.6 Å². The van der Waals surface area contributed by atoms with Gasteiger partial charge in [0.1, 0.15) is 0 Å². The molecule has 1 heteroatoms. The first-order chi connectivity index (χ1) is 5.05. The summed E-state index contributed by atoms with van der Waals surface area (Å²) in [4.78, 5) is 0. The summed E-state index contributed by atoms with van der Waals surface area (Å²) >= 11 is 0. The van der Waals surface area contributed by atoms with E-state index in [1.807, 2.05) is 6.08 Å². The molecule has 0 saturated heterocycles. The van der Waals surface area contributed by atoms with Crippen LogP contribution in [0.3, 0.4) is 0 Å². The molecule has 11 heavy (non-hydrogen) atoms. The molecule has 1 unspecified atom stereocenters. The second kappa shape index (κ2) is 2.56. The Kier molecular flexibility index (Phi) is 1.89. The maximum Gasteiger partial charge on any atom is 0.0943 e. The van der Waals surface area contributed by atoms with Gasteiger partial charge in [-0.25, -0.2) is 0 Å². The molecule has 1 heterocycles. The van der Waals surface area contributed by atoms with Crippen molar-refractivity contribution >= 4 is 0 Å². The summed E-state index contributed by atoms with van der Waals surface area (Å²) in [7, 11) is 0. The van der Waals surface area contributed by atoms with Crippen LogP contribution in [0.5, 0.6) is 0 Å². The molecule has 1 rings (SSSR count). The quantitative estimate of drug-likeness (QED) is 0.512. The van der Waals surface area contributed by atoms with Crippen LogP contribution >= 0.6 is 0 Å². The lowest BCUT2D eigenvalue weighted by atomic mass is 9.94. The van der Waals surface area contributed by atoms with Gasteiger partial charge in [-0.05, 0) is 19.4 Å². The molecule has 0 saturated carbocycles. The summed E-state index contributed by atoms with van der Waals surface area (Å²) < 4.78 is 0. The van der Waals surface area contributed by atoms with Gasteiger partial charge >= 0.3 is 0 Å². The van der Waals surface area contributed by atoms with Gasteiger partial charge in [0, 0.05) is 5.54 Å². The third kappa shape index (κ3) is 1.72. The SMILES string of the molecule is C#CC1NC(C)(C)C=CC1=C. The first-order valence-electron chi connectivity index (χ1n) is 3.67. The van der Waals surface area contributed by atoms with E-state index in [0.717, 1.165) is 5.57 Å². The number of hydrogen-bond acceptors (Lipinski definition) is 1. The summed E-state index contributed by atoms with van der Waals surface area (Å²) in [6.45, 7) is 8.01. The molecule has 58 valence electrons. The summed E-state index contributed by atoms with van der Waals surface area (Å²) in [6.07, 6.45) is 9.37. The van der Waals surface area contributed by atoms with Gasteiger partial charge < -0.3 is 0 Å². The highest BCUT2D eigenvalue weighted by atomic mass is 15.0. The van der Waals surface area contributed by atoms with Gasteiger partial charge in [0.15, 0.2) is 0 Å². The Labute approximate surface area is 68.2 Å². The van der Waals surface area contributed by atoms with E-state index < -0.39 is 0 Å². The topological polar surface area (TPSA) is 12.0 Å². The van der Waals surface area contributed by atoms with Gasteiger partial charge in [0.25, 0.3) is 0 Å². The normalized spacial score (nSPS) is 28.1. The molecule has 0 amide bonds. The highest BCUT2D eigenvalue weighted by molar-refractivity contribution is 5.35. The van der Waals surface area contributed by atoms with Crippen molar-refractivity contribution in [3.05, 3.63) is 24.3 Å². The van der Waals surface area contributed by atoms with Crippen LogP contribution in [0.4, 0.5) is 0 Å². The van der Waals surface area contributed by atoms with Gasteiger partial charge in [-0.2, -0.15) is 0 Å². The lowest BCUT2D eigenvalue weighted by Crippen LogP contribution is -2.46. The zero-order valence-corrected chi connectivity index (χ0v) is 7.02. The molecule has 0 aliphatic carbocycles. The van der Waals surface area contributed by atoms with Crippen LogP contribution in [0.2, 0.25) is 0 Å². The fourth-order valence-electron chi connectivity index (χ4n) is 1.07. The van der Waals surface area contributed by atoms with E-state index in [4.69, 9.17) is 6.42 Å². The molecule has 1 N–H and O–H groups in total. The van der Waals surface area contributed by atoms with Crippen molar-refractivity contribution in [2.45, 2.75) is 25.4 Å². The van der Waals surface area contributed by atoms with Crippen LogP contribution in [0.1, 0.15) is 13.8 Å². The van der Waals surface area contributed by atoms with Gasteiger partial charge in [0.2, 0.25) is 0 Å². The van der Waals surface area contributed by atoms with E-state index in [9.17, 15) is 0 Å². The van der Waals surface area contributed by atoms with Crippen molar-refractivity contribution in [2.24, 2.45) is 0 Å². The Morgan fingerprint density at radius 1 is 1.73 bits per heavy atom. The molecule has 1 aliphatic rings. The van der Waals surface area contributed by atoms with Crippen LogP contribution in [0.15, 0.2) is 24.3 Å². The predicted molar refractivity (Wildman–Crippen MR) is 48.1 cm³/mol. The van der Waals surface area contributed by atoms with Crippen molar-refractivity contribution < 1.29 is 0 Å². The first kappa shape index (κ1) is 8.10. The summed E-state index contributed by atoms with van der Waals surface area (Å²) in [5.74, 6) is 2.65. The highest BCUT2D eigenvalue weighted by Gasteiger charge is 2.22. The zero-order valence-electron chi connectivity index (χ0n) is 7.02. The van der Waals surface area contributed by atoms with Crippen LogP contribution in [0.25, 0.3) is 0 Å². The number of terminal acetylenes is 1. The monoisotopic (exact) mass is 147 g/mol. The molecule has 1 aliphatic heterocycles. The lowest BCUT2D eigenvalue weighted by Gasteiger charge is -2.31. The molecule has 0 aromatic heterocycles. The smallest absolute Gasteiger partial charge is 0.0943 e. The first-order valence-corrected chi connectivity index (χ1v) is 3.67. The molecule has 0 fully saturated rings. The zero-order chi connectivity index (χ0) is 8.48. The maximum absolute atomic E-state index is 5.31. The number of rotatable bonds is 0. The van der Waals surface area contributed by atoms with Crippen LogP contribution in [0, 0.1) is 12.3 Å². The largest absolute Gasteiger partial charge is 0.291 e. The summed E-state index contributed by atoms with van der Waals surface area (Å²) in [5.41, 5.74) is 0.963. The molecule has 0 aromatic carbocycles. The minimum absolute atomic E-state index is 0.00176. The van der Waals surface area contributed by atoms with Crippen LogP contribution in [-0.2, 0) is 0 Å². The highest BCUT2D eigenvalue weighted by Crippen LogP contribution is 2.16. The molecule has 0 spiro atoms. The maximum atomic E-state index is 5.31. The van der Waals surface area contributed by atoms with Gasteiger partial charge in [-0.15, -0.1) is 6.42 Å². The molecule has 1 nitrogen and oxygen atoms in total. The summed E-state index contributed by atoms with van der Waals surface area (Å²) in [5, 5.41) is 3.27. The fourth-order valence-corrected chi connectivity index (χ4v) is 1.07. The van der Waals surface area contributed by atoms with Gasteiger partial charge in [0.05, 0.1) is 6.04 Å². The third-order valence-electron chi connectivity index (χ3n) is 1.77. The predicted octanol–water partition coefficient (Wildman–Crippen LogP) is 1.48. The fraction of sp³-hybridized carbons (Fsp3) is 0.400. The van der Waals surface area contributed by atoms with E-state index in [0.29, 0.717) is 0 Å². The Balaban J connectivity index is 2.86. The molecule has 0 bridgehead atoms. The second-order valence-corrected chi connectivity index (χ2v) is 3.37. The van der Waals surface area contributed by atoms with Crippen molar-refractivity contribution in [2.75, 3.05) is 0 Å². The van der Waals surface area contributed by atoms with Crippen LogP contribution in [-0.4, -0.2) is 11.6 Å².